The SMILES string of the molecule is COc1ccc(N)c(NC(=O)[C@@H]2CCC(=O)N2)c1. The topological polar surface area (TPSA) is 93.4 Å². The third-order valence-corrected chi connectivity index (χ3v) is 2.83. The highest BCUT2D eigenvalue weighted by molar-refractivity contribution is 6.00. The monoisotopic (exact) mass is 249 g/mol. The molecule has 1 aliphatic heterocycles. The van der Waals surface area contributed by atoms with E-state index >= 15 is 0 Å². The van der Waals surface area contributed by atoms with Gasteiger partial charge in [0.05, 0.1) is 18.5 Å². The van der Waals surface area contributed by atoms with Crippen LogP contribution >= 0.6 is 0 Å². The zero-order valence-electron chi connectivity index (χ0n) is 10.0. The van der Waals surface area contributed by atoms with Gasteiger partial charge in [-0.2, -0.15) is 0 Å². The van der Waals surface area contributed by atoms with Gasteiger partial charge in [0, 0.05) is 12.5 Å². The molecule has 18 heavy (non-hydrogen) atoms. The van der Waals surface area contributed by atoms with Gasteiger partial charge in [0.25, 0.3) is 0 Å². The molecular weight excluding hydrogens is 234 g/mol. The van der Waals surface area contributed by atoms with E-state index in [0.717, 1.165) is 0 Å². The molecule has 0 radical (unpaired) electrons. The van der Waals surface area contributed by atoms with Crippen LogP contribution in [-0.4, -0.2) is 25.0 Å². The predicted octanol–water partition coefficient (Wildman–Crippen LogP) is 0.494. The molecule has 1 heterocycles. The fourth-order valence-corrected chi connectivity index (χ4v) is 1.80. The molecule has 1 saturated heterocycles. The number of methoxy groups -OCH3 is 1. The summed E-state index contributed by atoms with van der Waals surface area (Å²) in [6.45, 7) is 0. The molecule has 0 unspecified atom stereocenters. The standard InChI is InChI=1S/C12H15N3O3/c1-18-7-2-3-8(13)10(6-7)15-12(17)9-4-5-11(16)14-9/h2-3,6,9H,4-5,13H2,1H3,(H,14,16)(H,15,17)/t9-/m0/s1. The summed E-state index contributed by atoms with van der Waals surface area (Å²) >= 11 is 0. The molecule has 0 bridgehead atoms. The molecule has 1 aromatic carbocycles. The first-order valence-electron chi connectivity index (χ1n) is 5.64. The van der Waals surface area contributed by atoms with E-state index in [1.54, 1.807) is 18.2 Å². The summed E-state index contributed by atoms with van der Waals surface area (Å²) in [5, 5.41) is 5.29. The smallest absolute Gasteiger partial charge is 0.247 e. The first-order chi connectivity index (χ1) is 8.60. The van der Waals surface area contributed by atoms with Crippen LogP contribution in [0.4, 0.5) is 11.4 Å². The summed E-state index contributed by atoms with van der Waals surface area (Å²) in [5.74, 6) is 0.240. The molecule has 2 rings (SSSR count). The maximum absolute atomic E-state index is 11.9. The van der Waals surface area contributed by atoms with Crippen LogP contribution < -0.4 is 21.1 Å². The van der Waals surface area contributed by atoms with E-state index in [0.29, 0.717) is 30.0 Å². The van der Waals surface area contributed by atoms with Crippen molar-refractivity contribution in [2.75, 3.05) is 18.2 Å². The van der Waals surface area contributed by atoms with Gasteiger partial charge in [-0.3, -0.25) is 9.59 Å². The van der Waals surface area contributed by atoms with E-state index in [2.05, 4.69) is 10.6 Å². The maximum atomic E-state index is 11.9. The van der Waals surface area contributed by atoms with Gasteiger partial charge in [-0.1, -0.05) is 0 Å². The van der Waals surface area contributed by atoms with E-state index in [9.17, 15) is 9.59 Å². The number of amides is 2. The Hall–Kier alpha value is -2.24. The molecule has 1 aromatic rings. The van der Waals surface area contributed by atoms with E-state index in [1.807, 2.05) is 0 Å². The van der Waals surface area contributed by atoms with Crippen molar-refractivity contribution < 1.29 is 14.3 Å². The number of hydrogen-bond donors (Lipinski definition) is 3. The molecule has 1 aliphatic rings. The molecule has 2 amide bonds. The number of anilines is 2. The molecule has 1 fully saturated rings. The van der Waals surface area contributed by atoms with Crippen LogP contribution in [0.15, 0.2) is 18.2 Å². The maximum Gasteiger partial charge on any atom is 0.247 e. The number of rotatable bonds is 3. The van der Waals surface area contributed by atoms with Gasteiger partial charge in [-0.05, 0) is 18.6 Å². The minimum atomic E-state index is -0.483. The number of hydrogen-bond acceptors (Lipinski definition) is 4. The van der Waals surface area contributed by atoms with Gasteiger partial charge in [0.1, 0.15) is 11.8 Å². The second-order valence-corrected chi connectivity index (χ2v) is 4.10. The van der Waals surface area contributed by atoms with Crippen molar-refractivity contribution in [3.63, 3.8) is 0 Å². The lowest BCUT2D eigenvalue weighted by Gasteiger charge is -2.13. The van der Waals surface area contributed by atoms with Crippen LogP contribution in [0.3, 0.4) is 0 Å². The van der Waals surface area contributed by atoms with Crippen LogP contribution in [0.2, 0.25) is 0 Å². The van der Waals surface area contributed by atoms with Crippen LogP contribution in [0.25, 0.3) is 0 Å². The number of nitrogen functional groups attached to an aromatic ring is 1. The van der Waals surface area contributed by atoms with Crippen molar-refractivity contribution in [3.8, 4) is 5.75 Å². The molecule has 0 spiro atoms. The Morgan fingerprint density at radius 2 is 2.33 bits per heavy atom. The van der Waals surface area contributed by atoms with Crippen molar-refractivity contribution in [1.29, 1.82) is 0 Å². The fourth-order valence-electron chi connectivity index (χ4n) is 1.80. The average Bonchev–Trinajstić information content (AvgIpc) is 2.79. The van der Waals surface area contributed by atoms with Gasteiger partial charge in [-0.15, -0.1) is 0 Å². The Balaban J connectivity index is 2.09. The molecular formula is C12H15N3O3. The summed E-state index contributed by atoms with van der Waals surface area (Å²) in [6.07, 6.45) is 0.889. The van der Waals surface area contributed by atoms with Crippen molar-refractivity contribution >= 4 is 23.2 Å². The highest BCUT2D eigenvalue weighted by Gasteiger charge is 2.27. The third-order valence-electron chi connectivity index (χ3n) is 2.83. The third kappa shape index (κ3) is 2.53. The lowest BCUT2D eigenvalue weighted by Crippen LogP contribution is -2.37. The van der Waals surface area contributed by atoms with E-state index in [-0.39, 0.29) is 11.8 Å². The Morgan fingerprint density at radius 3 is 2.94 bits per heavy atom. The van der Waals surface area contributed by atoms with Crippen LogP contribution in [-0.2, 0) is 9.59 Å². The molecule has 0 aliphatic carbocycles. The number of nitrogens with two attached hydrogens (primary N) is 1. The molecule has 0 saturated carbocycles. The number of benzene rings is 1. The van der Waals surface area contributed by atoms with Gasteiger partial charge in [0.2, 0.25) is 11.8 Å². The summed E-state index contributed by atoms with van der Waals surface area (Å²) in [4.78, 5) is 22.9. The highest BCUT2D eigenvalue weighted by atomic mass is 16.5. The van der Waals surface area contributed by atoms with Gasteiger partial charge in [-0.25, -0.2) is 0 Å². The number of carbonyl (C=O) groups excluding carboxylic acids is 2. The molecule has 1 atom stereocenters. The number of carbonyl (C=O) groups is 2. The quantitative estimate of drug-likeness (QED) is 0.680. The van der Waals surface area contributed by atoms with E-state index in [4.69, 9.17) is 10.5 Å². The van der Waals surface area contributed by atoms with Crippen LogP contribution in [0.5, 0.6) is 5.75 Å². The lowest BCUT2D eigenvalue weighted by molar-refractivity contribution is -0.122. The summed E-state index contributed by atoms with van der Waals surface area (Å²) in [5.41, 5.74) is 6.70. The van der Waals surface area contributed by atoms with E-state index < -0.39 is 6.04 Å². The molecule has 6 nitrogen and oxygen atoms in total. The number of nitrogens with one attached hydrogen (secondary N) is 2. The largest absolute Gasteiger partial charge is 0.497 e. The highest BCUT2D eigenvalue weighted by Crippen LogP contribution is 2.24. The minimum Gasteiger partial charge on any atom is -0.497 e. The second kappa shape index (κ2) is 4.95. The van der Waals surface area contributed by atoms with Crippen molar-refractivity contribution in [2.24, 2.45) is 0 Å². The Bertz CT molecular complexity index is 487. The van der Waals surface area contributed by atoms with Crippen LogP contribution in [0.1, 0.15) is 12.8 Å². The summed E-state index contributed by atoms with van der Waals surface area (Å²) < 4.78 is 5.06. The Labute approximate surface area is 104 Å². The van der Waals surface area contributed by atoms with Crippen molar-refractivity contribution in [2.45, 2.75) is 18.9 Å². The molecule has 96 valence electrons. The first kappa shape index (κ1) is 12.2. The van der Waals surface area contributed by atoms with E-state index in [1.165, 1.54) is 7.11 Å². The first-order valence-corrected chi connectivity index (χ1v) is 5.64. The van der Waals surface area contributed by atoms with Gasteiger partial charge < -0.3 is 21.1 Å². The zero-order valence-corrected chi connectivity index (χ0v) is 10.0. The van der Waals surface area contributed by atoms with Crippen LogP contribution in [0, 0.1) is 0 Å². The summed E-state index contributed by atoms with van der Waals surface area (Å²) in [7, 11) is 1.54. The van der Waals surface area contributed by atoms with Crippen molar-refractivity contribution in [3.05, 3.63) is 18.2 Å². The zero-order chi connectivity index (χ0) is 13.1. The van der Waals surface area contributed by atoms with Gasteiger partial charge >= 0.3 is 0 Å². The predicted molar refractivity (Wildman–Crippen MR) is 67.2 cm³/mol. The Kier molecular flexibility index (Phi) is 3.36. The molecule has 6 heteroatoms. The normalized spacial score (nSPS) is 18.3. The molecule has 4 N–H and O–H groups in total. The average molecular weight is 249 g/mol. The second-order valence-electron chi connectivity index (χ2n) is 4.10. The molecule has 0 aromatic heterocycles. The minimum absolute atomic E-state index is 0.103. The van der Waals surface area contributed by atoms with Gasteiger partial charge in [0.15, 0.2) is 0 Å². The van der Waals surface area contributed by atoms with Crippen molar-refractivity contribution in [1.82, 2.24) is 5.32 Å². The number of ether oxygens (including phenoxy) is 1. The summed E-state index contributed by atoms with van der Waals surface area (Å²) in [6, 6.07) is 4.52. The fraction of sp³-hybridized carbons (Fsp3) is 0.333. The lowest BCUT2D eigenvalue weighted by atomic mass is 10.2. The Morgan fingerprint density at radius 1 is 1.56 bits per heavy atom.